The Bertz CT molecular complexity index is 46.3. The van der Waals surface area contributed by atoms with Crippen LogP contribution < -0.4 is 0 Å². The topological polar surface area (TPSA) is 0 Å². The summed E-state index contributed by atoms with van der Waals surface area (Å²) < 4.78 is 0. The molecule has 0 saturated heterocycles. The van der Waals surface area contributed by atoms with E-state index in [0.717, 1.165) is 5.92 Å². The highest BCUT2D eigenvalue weighted by Gasteiger charge is 1.83. The maximum Gasteiger partial charge on any atom is -0.0500 e. The lowest BCUT2D eigenvalue weighted by Crippen LogP contribution is -1.73. The Kier molecular flexibility index (Phi) is 16.4. The van der Waals surface area contributed by atoms with Crippen LogP contribution in [0.2, 0.25) is 0 Å². The molecule has 0 spiro atoms. The molecule has 76 valence electrons. The molecule has 0 aromatic heterocycles. The van der Waals surface area contributed by atoms with Gasteiger partial charge in [0.25, 0.3) is 0 Å². The van der Waals surface area contributed by atoms with Crippen LogP contribution in [0, 0.1) is 5.92 Å². The van der Waals surface area contributed by atoms with Crippen molar-refractivity contribution in [2.24, 2.45) is 5.92 Å². The Labute approximate surface area is 79.8 Å². The molecule has 0 bridgehead atoms. The molecule has 12 heavy (non-hydrogen) atoms. The van der Waals surface area contributed by atoms with E-state index in [1.807, 2.05) is 0 Å². The van der Waals surface area contributed by atoms with E-state index in [4.69, 9.17) is 0 Å². The van der Waals surface area contributed by atoms with Gasteiger partial charge in [-0.2, -0.15) is 0 Å². The second-order valence-corrected chi connectivity index (χ2v) is 4.15. The van der Waals surface area contributed by atoms with Crippen LogP contribution in [0.3, 0.4) is 0 Å². The average Bonchev–Trinajstić information content (AvgIpc) is 1.97. The van der Waals surface area contributed by atoms with Gasteiger partial charge >= 0.3 is 0 Å². The zero-order valence-electron chi connectivity index (χ0n) is 9.82. The predicted octanol–water partition coefficient (Wildman–Crippen LogP) is 5.03. The maximum absolute atomic E-state index is 2.26. The highest BCUT2D eigenvalue weighted by atomic mass is 13.9. The van der Waals surface area contributed by atoms with Crippen molar-refractivity contribution in [1.82, 2.24) is 0 Å². The summed E-state index contributed by atoms with van der Waals surface area (Å²) >= 11 is 0. The second-order valence-electron chi connectivity index (χ2n) is 4.15. The Hall–Kier alpha value is 0. The van der Waals surface area contributed by atoms with Crippen molar-refractivity contribution in [1.29, 1.82) is 0 Å². The largest absolute Gasteiger partial charge is 0.0654 e. The van der Waals surface area contributed by atoms with Crippen molar-refractivity contribution in [2.45, 2.75) is 73.1 Å². The average molecular weight is 172 g/mol. The Morgan fingerprint density at radius 1 is 0.667 bits per heavy atom. The molecular formula is C12H28. The highest BCUT2D eigenvalue weighted by molar-refractivity contribution is 4.39. The van der Waals surface area contributed by atoms with E-state index in [0.29, 0.717) is 0 Å². The summed E-state index contributed by atoms with van der Waals surface area (Å²) in [6.07, 6.45) is 8.49. The lowest BCUT2D eigenvalue weighted by Gasteiger charge is -1.93. The van der Waals surface area contributed by atoms with Gasteiger partial charge in [-0.15, -0.1) is 0 Å². The molecule has 0 aromatic carbocycles. The van der Waals surface area contributed by atoms with Crippen molar-refractivity contribution in [3.05, 3.63) is 0 Å². The first-order chi connectivity index (χ1) is 5.65. The maximum atomic E-state index is 2.26. The van der Waals surface area contributed by atoms with E-state index in [1.54, 1.807) is 0 Å². The SMILES string of the molecule is CC(C)C.CCCCCCCC. The van der Waals surface area contributed by atoms with E-state index in [-0.39, 0.29) is 0 Å². The van der Waals surface area contributed by atoms with Crippen molar-refractivity contribution in [3.63, 3.8) is 0 Å². The van der Waals surface area contributed by atoms with Crippen LogP contribution in [0.25, 0.3) is 0 Å². The molecule has 0 unspecified atom stereocenters. The van der Waals surface area contributed by atoms with E-state index >= 15 is 0 Å². The van der Waals surface area contributed by atoms with Crippen LogP contribution in [0.1, 0.15) is 73.1 Å². The monoisotopic (exact) mass is 172 g/mol. The van der Waals surface area contributed by atoms with Crippen molar-refractivity contribution in [2.75, 3.05) is 0 Å². The first kappa shape index (κ1) is 14.5. The fraction of sp³-hybridized carbons (Fsp3) is 1.00. The molecule has 0 heterocycles. The lowest BCUT2D eigenvalue weighted by molar-refractivity contribution is 0.624. The van der Waals surface area contributed by atoms with Crippen LogP contribution in [0.5, 0.6) is 0 Å². The summed E-state index contributed by atoms with van der Waals surface area (Å²) in [7, 11) is 0. The van der Waals surface area contributed by atoms with Crippen molar-refractivity contribution >= 4 is 0 Å². The molecular weight excluding hydrogens is 144 g/mol. The molecule has 0 aromatic rings. The number of unbranched alkanes of at least 4 members (excludes halogenated alkanes) is 5. The standard InChI is InChI=1S/C8H18.C4H10/c1-3-5-7-8-6-4-2;1-4(2)3/h3-8H2,1-2H3;4H,1-3H3. The van der Waals surface area contributed by atoms with E-state index in [1.165, 1.54) is 38.5 Å². The first-order valence-electron chi connectivity index (χ1n) is 5.65. The van der Waals surface area contributed by atoms with Crippen LogP contribution in [0.15, 0.2) is 0 Å². The zero-order valence-corrected chi connectivity index (χ0v) is 9.82. The minimum Gasteiger partial charge on any atom is -0.0654 e. The summed E-state index contributed by atoms with van der Waals surface area (Å²) in [6, 6.07) is 0. The summed E-state index contributed by atoms with van der Waals surface area (Å²) in [4.78, 5) is 0. The third-order valence-electron chi connectivity index (χ3n) is 1.46. The predicted molar refractivity (Wildman–Crippen MR) is 59.6 cm³/mol. The van der Waals surface area contributed by atoms with Gasteiger partial charge in [0.15, 0.2) is 0 Å². The smallest absolute Gasteiger partial charge is 0.0500 e. The van der Waals surface area contributed by atoms with Crippen LogP contribution in [0.4, 0.5) is 0 Å². The highest BCUT2D eigenvalue weighted by Crippen LogP contribution is 2.03. The molecule has 0 N–H and O–H groups in total. The quantitative estimate of drug-likeness (QED) is 0.510. The summed E-state index contributed by atoms with van der Waals surface area (Å²) in [6.45, 7) is 11.0. The van der Waals surface area contributed by atoms with Gasteiger partial charge in [0.2, 0.25) is 0 Å². The fourth-order valence-electron chi connectivity index (χ4n) is 0.854. The molecule has 0 rings (SSSR count). The van der Waals surface area contributed by atoms with E-state index < -0.39 is 0 Å². The lowest BCUT2D eigenvalue weighted by atomic mass is 10.1. The molecule has 0 nitrogen and oxygen atoms in total. The van der Waals surface area contributed by atoms with Gasteiger partial charge in [-0.25, -0.2) is 0 Å². The van der Waals surface area contributed by atoms with Gasteiger partial charge in [0, 0.05) is 0 Å². The zero-order chi connectivity index (χ0) is 9.82. The molecule has 0 heteroatoms. The molecule has 0 aliphatic heterocycles. The Morgan fingerprint density at radius 3 is 1.08 bits per heavy atom. The third kappa shape index (κ3) is 32.4. The van der Waals surface area contributed by atoms with Crippen LogP contribution >= 0.6 is 0 Å². The molecule has 0 atom stereocenters. The van der Waals surface area contributed by atoms with Crippen LogP contribution in [-0.2, 0) is 0 Å². The van der Waals surface area contributed by atoms with Crippen molar-refractivity contribution < 1.29 is 0 Å². The Morgan fingerprint density at radius 2 is 0.917 bits per heavy atom. The molecule has 0 aliphatic rings. The van der Waals surface area contributed by atoms with Gasteiger partial charge in [-0.05, 0) is 5.92 Å². The molecule has 0 fully saturated rings. The fourth-order valence-corrected chi connectivity index (χ4v) is 0.854. The van der Waals surface area contributed by atoms with Crippen molar-refractivity contribution in [3.8, 4) is 0 Å². The normalized spacial score (nSPS) is 9.50. The van der Waals surface area contributed by atoms with Gasteiger partial charge in [-0.1, -0.05) is 73.1 Å². The minimum absolute atomic E-state index is 0.833. The number of hydrogen-bond acceptors (Lipinski definition) is 0. The molecule has 0 amide bonds. The molecule has 0 radical (unpaired) electrons. The van der Waals surface area contributed by atoms with Crippen LogP contribution in [-0.4, -0.2) is 0 Å². The van der Waals surface area contributed by atoms with Gasteiger partial charge in [0.1, 0.15) is 0 Å². The molecule has 0 saturated carbocycles. The molecule has 0 aliphatic carbocycles. The summed E-state index contributed by atoms with van der Waals surface area (Å²) in [5, 5.41) is 0. The summed E-state index contributed by atoms with van der Waals surface area (Å²) in [5.74, 6) is 0.833. The van der Waals surface area contributed by atoms with E-state index in [2.05, 4.69) is 34.6 Å². The van der Waals surface area contributed by atoms with E-state index in [9.17, 15) is 0 Å². The second kappa shape index (κ2) is 13.6. The number of rotatable bonds is 5. The van der Waals surface area contributed by atoms with Gasteiger partial charge in [-0.3, -0.25) is 0 Å². The van der Waals surface area contributed by atoms with Gasteiger partial charge < -0.3 is 0 Å². The number of hydrogen-bond donors (Lipinski definition) is 0. The minimum atomic E-state index is 0.833. The Balaban J connectivity index is 0. The third-order valence-corrected chi connectivity index (χ3v) is 1.46. The summed E-state index contributed by atoms with van der Waals surface area (Å²) in [5.41, 5.74) is 0. The van der Waals surface area contributed by atoms with Gasteiger partial charge in [0.05, 0.1) is 0 Å². The first-order valence-corrected chi connectivity index (χ1v) is 5.65.